The molecule has 1 fully saturated rings. The highest BCUT2D eigenvalue weighted by molar-refractivity contribution is 6.05. The molecule has 2 aliphatic heterocycles. The lowest BCUT2D eigenvalue weighted by Crippen LogP contribution is -2.52. The first-order valence-electron chi connectivity index (χ1n) is 10.7. The van der Waals surface area contributed by atoms with Crippen LogP contribution in [-0.4, -0.2) is 54.7 Å². The summed E-state index contributed by atoms with van der Waals surface area (Å²) in [6.45, 7) is 4.13. The van der Waals surface area contributed by atoms with E-state index in [1.165, 1.54) is 4.90 Å². The molecule has 10 heteroatoms. The number of fused-ring (bicyclic) bond motifs is 1. The largest absolute Gasteiger partial charge is 0.475 e. The topological polar surface area (TPSA) is 119 Å². The molecule has 1 N–H and O–H groups in total. The van der Waals surface area contributed by atoms with Crippen LogP contribution in [-0.2, 0) is 16.1 Å². The van der Waals surface area contributed by atoms with Crippen LogP contribution in [0.5, 0.6) is 5.88 Å². The minimum atomic E-state index is -0.667. The second-order valence-corrected chi connectivity index (χ2v) is 8.30. The van der Waals surface area contributed by atoms with Gasteiger partial charge >= 0.3 is 0 Å². The summed E-state index contributed by atoms with van der Waals surface area (Å²) in [4.78, 5) is 42.7. The van der Waals surface area contributed by atoms with Crippen LogP contribution >= 0.6 is 0 Å². The molecule has 1 atom stereocenters. The number of aromatic nitrogens is 4. The normalized spacial score (nSPS) is 18.0. The van der Waals surface area contributed by atoms with Gasteiger partial charge in [-0.1, -0.05) is 11.3 Å². The average molecular weight is 446 g/mol. The van der Waals surface area contributed by atoms with Gasteiger partial charge < -0.3 is 9.64 Å². The lowest BCUT2D eigenvalue weighted by Gasteiger charge is -2.29. The fourth-order valence-corrected chi connectivity index (χ4v) is 4.14. The van der Waals surface area contributed by atoms with Crippen molar-refractivity contribution in [3.8, 4) is 22.8 Å². The molecule has 0 radical (unpaired) electrons. The lowest BCUT2D eigenvalue weighted by molar-refractivity contribution is -0.136. The molecule has 1 unspecified atom stereocenters. The Labute approximate surface area is 189 Å². The first kappa shape index (κ1) is 20.8. The van der Waals surface area contributed by atoms with Crippen LogP contribution in [0.2, 0.25) is 0 Å². The van der Waals surface area contributed by atoms with Crippen LogP contribution in [0.15, 0.2) is 42.7 Å². The first-order chi connectivity index (χ1) is 15.9. The lowest BCUT2D eigenvalue weighted by atomic mass is 10.0. The SMILES string of the molecule is CC(C)Oc1ccc(-c2cn(-c3cccc4c3CN(C3CCC(=O)NC3=O)C4=O)nn2)cn1. The molecule has 5 rings (SSSR count). The number of ether oxygens (including phenoxy) is 1. The van der Waals surface area contributed by atoms with E-state index >= 15 is 0 Å². The Balaban J connectivity index is 1.41. The van der Waals surface area contributed by atoms with E-state index in [9.17, 15) is 14.4 Å². The number of pyridine rings is 1. The van der Waals surface area contributed by atoms with Gasteiger partial charge in [-0.2, -0.15) is 0 Å². The number of rotatable bonds is 5. The van der Waals surface area contributed by atoms with E-state index in [1.807, 2.05) is 26.0 Å². The fourth-order valence-electron chi connectivity index (χ4n) is 4.14. The fraction of sp³-hybridized carbons (Fsp3) is 0.304. The number of hydrogen-bond donors (Lipinski definition) is 1. The molecule has 33 heavy (non-hydrogen) atoms. The van der Waals surface area contributed by atoms with Crippen molar-refractivity contribution in [2.45, 2.75) is 45.4 Å². The van der Waals surface area contributed by atoms with Crippen molar-refractivity contribution < 1.29 is 19.1 Å². The first-order valence-corrected chi connectivity index (χ1v) is 10.7. The minimum absolute atomic E-state index is 0.0341. The molecule has 3 aromatic rings. The maximum absolute atomic E-state index is 13.0. The molecule has 1 aromatic carbocycles. The summed E-state index contributed by atoms with van der Waals surface area (Å²) >= 11 is 0. The molecular weight excluding hydrogens is 424 g/mol. The Kier molecular flexibility index (Phi) is 5.12. The summed E-state index contributed by atoms with van der Waals surface area (Å²) in [7, 11) is 0. The van der Waals surface area contributed by atoms with Crippen LogP contribution in [0.1, 0.15) is 42.6 Å². The Morgan fingerprint density at radius 2 is 2.00 bits per heavy atom. The number of hydrogen-bond acceptors (Lipinski definition) is 7. The quantitative estimate of drug-likeness (QED) is 0.594. The summed E-state index contributed by atoms with van der Waals surface area (Å²) in [6.07, 6.45) is 4.01. The number of imide groups is 1. The van der Waals surface area contributed by atoms with Gasteiger partial charge in [0.1, 0.15) is 11.7 Å². The van der Waals surface area contributed by atoms with Gasteiger partial charge in [0.2, 0.25) is 17.7 Å². The Morgan fingerprint density at radius 3 is 2.73 bits per heavy atom. The monoisotopic (exact) mass is 446 g/mol. The van der Waals surface area contributed by atoms with Crippen LogP contribution in [0.4, 0.5) is 0 Å². The third-order valence-electron chi connectivity index (χ3n) is 5.69. The van der Waals surface area contributed by atoms with Gasteiger partial charge in [0.05, 0.1) is 18.0 Å². The molecule has 10 nitrogen and oxygen atoms in total. The van der Waals surface area contributed by atoms with E-state index in [0.29, 0.717) is 29.2 Å². The minimum Gasteiger partial charge on any atom is -0.475 e. The van der Waals surface area contributed by atoms with E-state index in [2.05, 4.69) is 20.6 Å². The van der Waals surface area contributed by atoms with Crippen molar-refractivity contribution in [1.29, 1.82) is 0 Å². The standard InChI is InChI=1S/C23H22N6O4/c1-13(2)33-21-9-6-14(10-24-21)17-12-29(27-26-17)18-5-3-4-15-16(18)11-28(23(15)32)19-7-8-20(30)25-22(19)31/h3-6,9-10,12-13,19H,7-8,11H2,1-2H3,(H,25,30,31). The summed E-state index contributed by atoms with van der Waals surface area (Å²) < 4.78 is 7.20. The Bertz CT molecular complexity index is 1250. The molecule has 3 amide bonds. The highest BCUT2D eigenvalue weighted by atomic mass is 16.5. The smallest absolute Gasteiger partial charge is 0.255 e. The van der Waals surface area contributed by atoms with Gasteiger partial charge in [-0.05, 0) is 38.5 Å². The van der Waals surface area contributed by atoms with Crippen molar-refractivity contribution in [3.05, 3.63) is 53.9 Å². The number of nitrogens with one attached hydrogen (secondary N) is 1. The maximum atomic E-state index is 13.0. The number of amides is 3. The zero-order valence-corrected chi connectivity index (χ0v) is 18.2. The van der Waals surface area contributed by atoms with Crippen LogP contribution < -0.4 is 10.1 Å². The van der Waals surface area contributed by atoms with Gasteiger partial charge in [-0.3, -0.25) is 19.7 Å². The summed E-state index contributed by atoms with van der Waals surface area (Å²) in [6, 6.07) is 8.35. The Hall–Kier alpha value is -4.08. The highest BCUT2D eigenvalue weighted by Crippen LogP contribution is 2.31. The molecule has 2 aliphatic rings. The molecule has 2 aromatic heterocycles. The molecule has 0 saturated carbocycles. The van der Waals surface area contributed by atoms with Crippen molar-refractivity contribution in [3.63, 3.8) is 0 Å². The van der Waals surface area contributed by atoms with E-state index in [0.717, 1.165) is 11.1 Å². The van der Waals surface area contributed by atoms with E-state index < -0.39 is 11.9 Å². The average Bonchev–Trinajstić information content (AvgIpc) is 3.39. The van der Waals surface area contributed by atoms with Crippen LogP contribution in [0, 0.1) is 0 Å². The van der Waals surface area contributed by atoms with Gasteiger partial charge in [-0.25, -0.2) is 9.67 Å². The van der Waals surface area contributed by atoms with E-state index in [4.69, 9.17) is 4.74 Å². The Morgan fingerprint density at radius 1 is 1.15 bits per heavy atom. The second-order valence-electron chi connectivity index (χ2n) is 8.30. The highest BCUT2D eigenvalue weighted by Gasteiger charge is 2.40. The molecule has 1 saturated heterocycles. The van der Waals surface area contributed by atoms with E-state index in [-0.39, 0.29) is 30.9 Å². The third-order valence-corrected chi connectivity index (χ3v) is 5.69. The van der Waals surface area contributed by atoms with Gasteiger partial charge in [0, 0.05) is 41.9 Å². The molecular formula is C23H22N6O4. The van der Waals surface area contributed by atoms with Crippen molar-refractivity contribution in [2.75, 3.05) is 0 Å². The summed E-state index contributed by atoms with van der Waals surface area (Å²) in [5.41, 5.74) is 3.41. The number of nitrogens with zero attached hydrogens (tertiary/aromatic N) is 5. The van der Waals surface area contributed by atoms with Gasteiger partial charge in [0.15, 0.2) is 0 Å². The molecule has 0 bridgehead atoms. The third kappa shape index (κ3) is 3.84. The van der Waals surface area contributed by atoms with Crippen LogP contribution in [0.25, 0.3) is 16.9 Å². The predicted octanol–water partition coefficient (Wildman–Crippen LogP) is 1.88. The number of carbonyl (C=O) groups excluding carboxylic acids is 3. The predicted molar refractivity (Wildman–Crippen MR) is 116 cm³/mol. The zero-order chi connectivity index (χ0) is 23.1. The van der Waals surface area contributed by atoms with Crippen molar-refractivity contribution in [1.82, 2.24) is 30.2 Å². The number of carbonyl (C=O) groups is 3. The molecule has 4 heterocycles. The molecule has 168 valence electrons. The molecule has 0 spiro atoms. The van der Waals surface area contributed by atoms with Gasteiger partial charge in [0.25, 0.3) is 5.91 Å². The molecule has 0 aliphatic carbocycles. The van der Waals surface area contributed by atoms with E-state index in [1.54, 1.807) is 35.3 Å². The summed E-state index contributed by atoms with van der Waals surface area (Å²) in [5.74, 6) is -0.440. The van der Waals surface area contributed by atoms with Crippen LogP contribution in [0.3, 0.4) is 0 Å². The second kappa shape index (κ2) is 8.12. The van der Waals surface area contributed by atoms with Gasteiger partial charge in [-0.15, -0.1) is 5.10 Å². The van der Waals surface area contributed by atoms with Crippen molar-refractivity contribution in [2.24, 2.45) is 0 Å². The maximum Gasteiger partial charge on any atom is 0.255 e. The summed E-state index contributed by atoms with van der Waals surface area (Å²) in [5, 5.41) is 10.8. The number of benzene rings is 1. The number of piperidine rings is 1. The zero-order valence-electron chi connectivity index (χ0n) is 18.2. The van der Waals surface area contributed by atoms with Crippen molar-refractivity contribution >= 4 is 17.7 Å².